The van der Waals surface area contributed by atoms with Crippen molar-refractivity contribution < 1.29 is 19.1 Å². The van der Waals surface area contributed by atoms with Crippen molar-refractivity contribution in [2.45, 2.75) is 40.5 Å². The van der Waals surface area contributed by atoms with Crippen molar-refractivity contribution in [1.82, 2.24) is 0 Å². The number of halogens is 1. The zero-order valence-electron chi connectivity index (χ0n) is 12.9. The molecular weight excluding hydrogens is 273 g/mol. The minimum absolute atomic E-state index is 0.00737. The smallest absolute Gasteiger partial charge is 0.335 e. The van der Waals surface area contributed by atoms with Crippen LogP contribution >= 0.6 is 0 Å². The number of hydrogen-bond donors (Lipinski definition) is 2. The third kappa shape index (κ3) is 5.94. The highest BCUT2D eigenvalue weighted by Crippen LogP contribution is 2.26. The molecule has 1 amide bonds. The number of hydrogen-bond acceptors (Lipinski definition) is 2. The molecule has 1 rings (SSSR count). The van der Waals surface area contributed by atoms with Gasteiger partial charge >= 0.3 is 5.97 Å². The molecule has 1 aromatic carbocycles. The van der Waals surface area contributed by atoms with E-state index in [0.29, 0.717) is 6.42 Å². The van der Waals surface area contributed by atoms with E-state index in [1.807, 2.05) is 6.92 Å². The van der Waals surface area contributed by atoms with Gasteiger partial charge in [-0.3, -0.25) is 4.79 Å². The van der Waals surface area contributed by atoms with Gasteiger partial charge in [0, 0.05) is 6.42 Å². The van der Waals surface area contributed by atoms with E-state index in [-0.39, 0.29) is 28.5 Å². The Morgan fingerprint density at radius 2 is 1.95 bits per heavy atom. The van der Waals surface area contributed by atoms with Gasteiger partial charge in [0.1, 0.15) is 5.82 Å². The molecule has 0 saturated carbocycles. The number of carboxylic acid groups (broad SMARTS) is 1. The lowest BCUT2D eigenvalue weighted by molar-refractivity contribution is -0.117. The Morgan fingerprint density at radius 3 is 2.43 bits per heavy atom. The number of benzene rings is 1. The first-order valence-electron chi connectivity index (χ1n) is 6.91. The molecule has 4 nitrogen and oxygen atoms in total. The van der Waals surface area contributed by atoms with Gasteiger partial charge in [-0.25, -0.2) is 9.18 Å². The molecule has 0 aliphatic carbocycles. The van der Waals surface area contributed by atoms with Gasteiger partial charge in [-0.15, -0.1) is 0 Å². The average molecular weight is 295 g/mol. The summed E-state index contributed by atoms with van der Waals surface area (Å²) in [6.07, 6.45) is 1.19. The van der Waals surface area contributed by atoms with Crippen molar-refractivity contribution in [2.75, 3.05) is 5.32 Å². The minimum atomic E-state index is -1.20. The molecule has 1 aromatic rings. The maximum absolute atomic E-state index is 13.7. The van der Waals surface area contributed by atoms with E-state index < -0.39 is 11.8 Å². The Balaban J connectivity index is 2.65. The van der Waals surface area contributed by atoms with E-state index in [1.165, 1.54) is 12.1 Å². The monoisotopic (exact) mass is 295 g/mol. The third-order valence-electron chi connectivity index (χ3n) is 2.98. The van der Waals surface area contributed by atoms with E-state index in [1.54, 1.807) is 0 Å². The van der Waals surface area contributed by atoms with Gasteiger partial charge in [-0.05, 0) is 36.0 Å². The summed E-state index contributed by atoms with van der Waals surface area (Å²) in [5.74, 6) is -2.03. The Bertz CT molecular complexity index is 535. The molecule has 21 heavy (non-hydrogen) atoms. The van der Waals surface area contributed by atoms with Crippen LogP contribution in [0.5, 0.6) is 0 Å². The molecule has 0 spiro atoms. The molecule has 1 unspecified atom stereocenters. The standard InChI is InChI=1S/C16H22FNO3/c1-10(9-16(2,3)4)7-14(19)18-13-6-5-11(15(20)21)8-12(13)17/h5-6,8,10H,7,9H2,1-4H3,(H,18,19)(H,20,21). The van der Waals surface area contributed by atoms with Gasteiger partial charge in [0.15, 0.2) is 0 Å². The van der Waals surface area contributed by atoms with Crippen molar-refractivity contribution >= 4 is 17.6 Å². The van der Waals surface area contributed by atoms with Gasteiger partial charge in [0.05, 0.1) is 11.3 Å². The second-order valence-corrected chi connectivity index (χ2v) is 6.62. The minimum Gasteiger partial charge on any atom is -0.478 e. The zero-order chi connectivity index (χ0) is 16.2. The van der Waals surface area contributed by atoms with Crippen LogP contribution in [-0.4, -0.2) is 17.0 Å². The summed E-state index contributed by atoms with van der Waals surface area (Å²) in [5.41, 5.74) is -0.00628. The fourth-order valence-electron chi connectivity index (χ4n) is 2.38. The summed E-state index contributed by atoms with van der Waals surface area (Å²) in [6.45, 7) is 8.29. The Labute approximate surface area is 124 Å². The summed E-state index contributed by atoms with van der Waals surface area (Å²) in [7, 11) is 0. The fraction of sp³-hybridized carbons (Fsp3) is 0.500. The SMILES string of the molecule is CC(CC(=O)Nc1ccc(C(=O)O)cc1F)CC(C)(C)C. The molecule has 5 heteroatoms. The maximum atomic E-state index is 13.7. The summed E-state index contributed by atoms with van der Waals surface area (Å²) < 4.78 is 13.7. The van der Waals surface area contributed by atoms with Crippen LogP contribution in [0, 0.1) is 17.2 Å². The van der Waals surface area contributed by atoms with E-state index >= 15 is 0 Å². The van der Waals surface area contributed by atoms with Crippen molar-refractivity contribution in [3.8, 4) is 0 Å². The van der Waals surface area contributed by atoms with Crippen molar-refractivity contribution in [3.05, 3.63) is 29.6 Å². The number of amides is 1. The number of carbonyl (C=O) groups excluding carboxylic acids is 1. The number of aromatic carboxylic acids is 1. The fourth-order valence-corrected chi connectivity index (χ4v) is 2.38. The van der Waals surface area contributed by atoms with Gasteiger partial charge in [-0.2, -0.15) is 0 Å². The van der Waals surface area contributed by atoms with E-state index in [9.17, 15) is 14.0 Å². The Hall–Kier alpha value is -1.91. The normalized spacial score (nSPS) is 12.8. The van der Waals surface area contributed by atoms with Gasteiger partial charge in [-0.1, -0.05) is 27.7 Å². The predicted octanol–water partition coefficient (Wildman–Crippen LogP) is 3.92. The number of carboxylic acids is 1. The molecule has 0 aromatic heterocycles. The summed E-state index contributed by atoms with van der Waals surface area (Å²) in [6, 6.07) is 3.43. The van der Waals surface area contributed by atoms with Crippen LogP contribution in [0.3, 0.4) is 0 Å². The number of nitrogens with one attached hydrogen (secondary N) is 1. The van der Waals surface area contributed by atoms with E-state index in [0.717, 1.165) is 12.5 Å². The average Bonchev–Trinajstić information content (AvgIpc) is 2.28. The third-order valence-corrected chi connectivity index (χ3v) is 2.98. The molecule has 2 N–H and O–H groups in total. The molecule has 0 aliphatic heterocycles. The van der Waals surface area contributed by atoms with Crippen LogP contribution in [0.15, 0.2) is 18.2 Å². The van der Waals surface area contributed by atoms with Crippen molar-refractivity contribution in [2.24, 2.45) is 11.3 Å². The van der Waals surface area contributed by atoms with Crippen LogP contribution < -0.4 is 5.32 Å². The van der Waals surface area contributed by atoms with E-state index in [4.69, 9.17) is 5.11 Å². The second-order valence-electron chi connectivity index (χ2n) is 6.62. The van der Waals surface area contributed by atoms with E-state index in [2.05, 4.69) is 26.1 Å². The summed E-state index contributed by atoms with van der Waals surface area (Å²) in [4.78, 5) is 22.6. The largest absolute Gasteiger partial charge is 0.478 e. The molecule has 0 bridgehead atoms. The zero-order valence-corrected chi connectivity index (χ0v) is 12.9. The highest BCUT2D eigenvalue weighted by Gasteiger charge is 2.18. The molecule has 0 heterocycles. The molecule has 0 radical (unpaired) electrons. The Morgan fingerprint density at radius 1 is 1.33 bits per heavy atom. The summed E-state index contributed by atoms with van der Waals surface area (Å²) in [5, 5.41) is 11.2. The van der Waals surface area contributed by atoms with Crippen LogP contribution in [0.25, 0.3) is 0 Å². The van der Waals surface area contributed by atoms with Crippen LogP contribution in [0.4, 0.5) is 10.1 Å². The van der Waals surface area contributed by atoms with Crippen molar-refractivity contribution in [3.63, 3.8) is 0 Å². The topological polar surface area (TPSA) is 66.4 Å². The van der Waals surface area contributed by atoms with Gasteiger partial charge in [0.2, 0.25) is 5.91 Å². The first-order chi connectivity index (χ1) is 9.58. The lowest BCUT2D eigenvalue weighted by Gasteiger charge is -2.22. The molecule has 1 atom stereocenters. The lowest BCUT2D eigenvalue weighted by atomic mass is 9.84. The molecule has 0 fully saturated rings. The Kier molecular flexibility index (Phi) is 5.47. The van der Waals surface area contributed by atoms with Crippen LogP contribution in [-0.2, 0) is 4.79 Å². The molecule has 0 saturated heterocycles. The van der Waals surface area contributed by atoms with Gasteiger partial charge in [0.25, 0.3) is 0 Å². The maximum Gasteiger partial charge on any atom is 0.335 e. The summed E-state index contributed by atoms with van der Waals surface area (Å²) >= 11 is 0. The number of anilines is 1. The molecule has 116 valence electrons. The number of carbonyl (C=O) groups is 2. The lowest BCUT2D eigenvalue weighted by Crippen LogP contribution is -2.19. The second kappa shape index (κ2) is 6.70. The molecular formula is C16H22FNO3. The van der Waals surface area contributed by atoms with Crippen LogP contribution in [0.2, 0.25) is 0 Å². The quantitative estimate of drug-likeness (QED) is 0.865. The molecule has 0 aliphatic rings. The van der Waals surface area contributed by atoms with Crippen molar-refractivity contribution in [1.29, 1.82) is 0 Å². The van der Waals surface area contributed by atoms with Gasteiger partial charge < -0.3 is 10.4 Å². The van der Waals surface area contributed by atoms with Crippen LogP contribution in [0.1, 0.15) is 50.9 Å². The predicted molar refractivity (Wildman–Crippen MR) is 79.8 cm³/mol. The highest BCUT2D eigenvalue weighted by molar-refractivity contribution is 5.92. The first kappa shape index (κ1) is 17.1. The number of rotatable bonds is 5. The highest BCUT2D eigenvalue weighted by atomic mass is 19.1. The first-order valence-corrected chi connectivity index (χ1v) is 6.91.